The van der Waals surface area contributed by atoms with Crippen LogP contribution in [0.25, 0.3) is 11.2 Å². The maximum Gasteiger partial charge on any atom is 0.278 e. The van der Waals surface area contributed by atoms with Gasteiger partial charge >= 0.3 is 0 Å². The van der Waals surface area contributed by atoms with Gasteiger partial charge in [0.15, 0.2) is 17.4 Å². The van der Waals surface area contributed by atoms with Crippen molar-refractivity contribution in [2.45, 2.75) is 24.5 Å². The Kier molecular flexibility index (Phi) is 3.50. The van der Waals surface area contributed by atoms with E-state index >= 15 is 0 Å². The topological polar surface area (TPSA) is 113 Å². The number of aliphatic hydroxyl groups is 2. The maximum absolute atomic E-state index is 11.6. The number of aromatic amines is 1. The number of imidazole rings is 1. The average Bonchev–Trinajstić information content (AvgIpc) is 2.97. The Hall–Kier alpha value is -1.42. The van der Waals surface area contributed by atoms with Crippen molar-refractivity contribution in [1.82, 2.24) is 19.5 Å². The molecule has 2 aromatic rings. The number of ether oxygens (including phenoxy) is 1. The van der Waals surface area contributed by atoms with Gasteiger partial charge in [0.2, 0.25) is 0 Å². The Morgan fingerprint density at radius 2 is 2.25 bits per heavy atom. The minimum atomic E-state index is -1.09. The molecule has 0 aromatic carbocycles. The highest BCUT2D eigenvalue weighted by atomic mass is 32.2. The summed E-state index contributed by atoms with van der Waals surface area (Å²) in [6.07, 6.45) is 1.20. The third-order valence-electron chi connectivity index (χ3n) is 3.31. The smallest absolute Gasteiger partial charge is 0.278 e. The second kappa shape index (κ2) is 5.17. The number of fused-ring (bicyclic) bond motifs is 1. The summed E-state index contributed by atoms with van der Waals surface area (Å²) in [5.74, 6) is 0.565. The van der Waals surface area contributed by atoms with Gasteiger partial charge in [-0.3, -0.25) is 9.36 Å². The number of aromatic nitrogens is 4. The van der Waals surface area contributed by atoms with E-state index < -0.39 is 24.5 Å². The van der Waals surface area contributed by atoms with Crippen LogP contribution in [0.5, 0.6) is 0 Å². The second-order valence-corrected chi connectivity index (χ2v) is 5.47. The lowest BCUT2D eigenvalue weighted by Gasteiger charge is -2.16. The van der Waals surface area contributed by atoms with E-state index in [9.17, 15) is 15.0 Å². The van der Waals surface area contributed by atoms with Gasteiger partial charge in [-0.2, -0.15) is 11.8 Å². The first-order valence-electron chi connectivity index (χ1n) is 6.04. The monoisotopic (exact) mass is 298 g/mol. The van der Waals surface area contributed by atoms with Crippen molar-refractivity contribution in [2.75, 3.05) is 12.0 Å². The molecule has 1 aliphatic heterocycles. The molecule has 108 valence electrons. The van der Waals surface area contributed by atoms with Crippen LogP contribution >= 0.6 is 11.8 Å². The van der Waals surface area contributed by atoms with Crippen molar-refractivity contribution in [2.24, 2.45) is 0 Å². The number of hydrogen-bond donors (Lipinski definition) is 3. The molecule has 0 aliphatic carbocycles. The average molecular weight is 298 g/mol. The first kappa shape index (κ1) is 13.6. The molecule has 0 saturated carbocycles. The molecular formula is C11H14N4O4S. The number of H-pyrrole nitrogens is 1. The predicted molar refractivity (Wildman–Crippen MR) is 72.5 cm³/mol. The molecule has 3 N–H and O–H groups in total. The highest BCUT2D eigenvalue weighted by Gasteiger charge is 2.43. The molecule has 0 unspecified atom stereocenters. The van der Waals surface area contributed by atoms with Crippen molar-refractivity contribution in [1.29, 1.82) is 0 Å². The molecule has 0 radical (unpaired) electrons. The van der Waals surface area contributed by atoms with E-state index in [0.29, 0.717) is 11.4 Å². The zero-order chi connectivity index (χ0) is 14.3. The van der Waals surface area contributed by atoms with Crippen molar-refractivity contribution < 1.29 is 14.9 Å². The third kappa shape index (κ3) is 2.03. The lowest BCUT2D eigenvalue weighted by molar-refractivity contribution is -0.0288. The van der Waals surface area contributed by atoms with E-state index in [4.69, 9.17) is 4.74 Å². The number of thioether (sulfide) groups is 1. The largest absolute Gasteiger partial charge is 0.387 e. The van der Waals surface area contributed by atoms with Crippen LogP contribution in [0.1, 0.15) is 6.23 Å². The molecule has 0 bridgehead atoms. The van der Waals surface area contributed by atoms with Gasteiger partial charge in [0.05, 0.1) is 18.8 Å². The Balaban J connectivity index is 1.99. The van der Waals surface area contributed by atoms with Gasteiger partial charge in [0.25, 0.3) is 5.56 Å². The number of aliphatic hydroxyl groups excluding tert-OH is 2. The molecule has 3 rings (SSSR count). The summed E-state index contributed by atoms with van der Waals surface area (Å²) in [5, 5.41) is 20.1. The van der Waals surface area contributed by atoms with Crippen molar-refractivity contribution >= 4 is 22.9 Å². The quantitative estimate of drug-likeness (QED) is 0.673. The maximum atomic E-state index is 11.6. The summed E-state index contributed by atoms with van der Waals surface area (Å²) < 4.78 is 7.14. The van der Waals surface area contributed by atoms with Crippen LogP contribution in [-0.4, -0.2) is 60.1 Å². The van der Waals surface area contributed by atoms with Crippen LogP contribution in [0, 0.1) is 0 Å². The van der Waals surface area contributed by atoms with Gasteiger partial charge in [-0.25, -0.2) is 9.97 Å². The summed E-state index contributed by atoms with van der Waals surface area (Å²) in [6, 6.07) is 0. The summed E-state index contributed by atoms with van der Waals surface area (Å²) in [5.41, 5.74) is 0.128. The molecule has 1 fully saturated rings. The fourth-order valence-corrected chi connectivity index (χ4v) is 2.91. The van der Waals surface area contributed by atoms with Crippen molar-refractivity contribution in [3.8, 4) is 0 Å². The molecule has 9 heteroatoms. The van der Waals surface area contributed by atoms with E-state index in [1.165, 1.54) is 29.0 Å². The third-order valence-corrected chi connectivity index (χ3v) is 3.97. The standard InChI is InChI=1S/C11H14N4O4S/c1-20-2-5-7(16)8(17)11(19-5)15-4-14-6-9(15)12-3-13-10(6)18/h3-5,7-8,11,16-17H,2H2,1H3,(H,12,13,18)/t5-,7+,8-,11+/m0/s1. The Labute approximate surface area is 117 Å². The Bertz CT molecular complexity index is 672. The zero-order valence-corrected chi connectivity index (χ0v) is 11.4. The zero-order valence-electron chi connectivity index (χ0n) is 10.6. The van der Waals surface area contributed by atoms with Gasteiger partial charge < -0.3 is 19.9 Å². The van der Waals surface area contributed by atoms with E-state index in [1.54, 1.807) is 0 Å². The highest BCUT2D eigenvalue weighted by Crippen LogP contribution is 2.31. The normalized spacial score (nSPS) is 30.1. The lowest BCUT2D eigenvalue weighted by Crippen LogP contribution is -2.32. The number of nitrogens with one attached hydrogen (secondary N) is 1. The van der Waals surface area contributed by atoms with Crippen molar-refractivity contribution in [3.63, 3.8) is 0 Å². The molecule has 8 nitrogen and oxygen atoms in total. The van der Waals surface area contributed by atoms with Gasteiger partial charge in [0.1, 0.15) is 12.2 Å². The van der Waals surface area contributed by atoms with Crippen LogP contribution < -0.4 is 5.56 Å². The number of hydrogen-bond acceptors (Lipinski definition) is 7. The lowest BCUT2D eigenvalue weighted by atomic mass is 10.1. The molecule has 0 amide bonds. The molecule has 0 spiro atoms. The molecule has 4 atom stereocenters. The number of nitrogens with zero attached hydrogens (tertiary/aromatic N) is 3. The van der Waals surface area contributed by atoms with Gasteiger partial charge in [-0.15, -0.1) is 0 Å². The van der Waals surface area contributed by atoms with E-state index in [2.05, 4.69) is 15.0 Å². The summed E-state index contributed by atoms with van der Waals surface area (Å²) in [4.78, 5) is 22.0. The van der Waals surface area contributed by atoms with Gasteiger partial charge in [0, 0.05) is 5.75 Å². The highest BCUT2D eigenvalue weighted by molar-refractivity contribution is 7.98. The van der Waals surface area contributed by atoms with Crippen LogP contribution in [0.2, 0.25) is 0 Å². The molecule has 1 aliphatic rings. The van der Waals surface area contributed by atoms with Crippen molar-refractivity contribution in [3.05, 3.63) is 23.0 Å². The van der Waals surface area contributed by atoms with Crippen LogP contribution in [0.4, 0.5) is 0 Å². The van der Waals surface area contributed by atoms with E-state index in [0.717, 1.165) is 0 Å². The molecule has 2 aromatic heterocycles. The molecule has 1 saturated heterocycles. The summed E-state index contributed by atoms with van der Waals surface area (Å²) in [7, 11) is 0. The fraction of sp³-hybridized carbons (Fsp3) is 0.545. The first-order valence-corrected chi connectivity index (χ1v) is 7.43. The van der Waals surface area contributed by atoms with Gasteiger partial charge in [-0.1, -0.05) is 0 Å². The summed E-state index contributed by atoms with van der Waals surface area (Å²) in [6.45, 7) is 0. The fourth-order valence-electron chi connectivity index (χ4n) is 2.31. The Morgan fingerprint density at radius 1 is 1.45 bits per heavy atom. The van der Waals surface area contributed by atoms with E-state index in [1.807, 2.05) is 6.26 Å². The van der Waals surface area contributed by atoms with Crippen LogP contribution in [-0.2, 0) is 4.74 Å². The van der Waals surface area contributed by atoms with Crippen LogP contribution in [0.3, 0.4) is 0 Å². The van der Waals surface area contributed by atoms with Gasteiger partial charge in [-0.05, 0) is 6.26 Å². The molecular weight excluding hydrogens is 284 g/mol. The minimum Gasteiger partial charge on any atom is -0.387 e. The summed E-state index contributed by atoms with van der Waals surface area (Å²) >= 11 is 1.52. The van der Waals surface area contributed by atoms with E-state index in [-0.39, 0.29) is 11.1 Å². The predicted octanol–water partition coefficient (Wildman–Crippen LogP) is -0.898. The molecule has 20 heavy (non-hydrogen) atoms. The first-order chi connectivity index (χ1) is 9.63. The van der Waals surface area contributed by atoms with Crippen LogP contribution in [0.15, 0.2) is 17.4 Å². The number of rotatable bonds is 3. The Morgan fingerprint density at radius 3 is 3.00 bits per heavy atom. The molecule has 3 heterocycles. The SMILES string of the molecule is CSC[C@@H]1O[C@@H](n2cnc3c(=O)[nH]cnc32)[C@@H](O)[C@@H]1O. The second-order valence-electron chi connectivity index (χ2n) is 4.56. The minimum absolute atomic E-state index is 0.172.